The maximum absolute atomic E-state index is 12.9. The number of anilines is 1. The molecular weight excluding hydrogens is 430 g/mol. The number of carbonyl (C=O) groups is 2. The number of benzene rings is 1. The van der Waals surface area contributed by atoms with E-state index in [1.165, 1.54) is 22.2 Å². The molecule has 178 valence electrons. The van der Waals surface area contributed by atoms with E-state index in [0.717, 1.165) is 32.7 Å². The van der Waals surface area contributed by atoms with Gasteiger partial charge in [-0.2, -0.15) is 4.31 Å². The number of nitrogens with one attached hydrogen (secondary N) is 1. The Kier molecular flexibility index (Phi) is 7.92. The molecule has 2 aliphatic rings. The van der Waals surface area contributed by atoms with Crippen LogP contribution < -0.4 is 10.2 Å². The van der Waals surface area contributed by atoms with Gasteiger partial charge in [0.05, 0.1) is 4.90 Å². The first-order valence-corrected chi connectivity index (χ1v) is 12.7. The maximum Gasteiger partial charge on any atom is 0.243 e. The van der Waals surface area contributed by atoms with E-state index < -0.39 is 16.1 Å². The number of carbonyl (C=O) groups excluding carboxylic acids is 2. The molecule has 9 nitrogen and oxygen atoms in total. The Balaban J connectivity index is 1.70. The van der Waals surface area contributed by atoms with E-state index in [1.54, 1.807) is 26.0 Å². The summed E-state index contributed by atoms with van der Waals surface area (Å²) in [5.41, 5.74) is 1.31. The fourth-order valence-electron chi connectivity index (χ4n) is 4.43. The van der Waals surface area contributed by atoms with Crippen LogP contribution in [-0.4, -0.2) is 99.8 Å². The maximum atomic E-state index is 12.9. The Hall–Kier alpha value is -2.01. The van der Waals surface area contributed by atoms with Crippen molar-refractivity contribution in [2.24, 2.45) is 0 Å². The summed E-state index contributed by atoms with van der Waals surface area (Å²) in [5, 5.41) is 2.97. The van der Waals surface area contributed by atoms with Gasteiger partial charge in [-0.15, -0.1) is 0 Å². The lowest BCUT2D eigenvalue weighted by atomic mass is 10.1. The van der Waals surface area contributed by atoms with Gasteiger partial charge in [0.15, 0.2) is 0 Å². The van der Waals surface area contributed by atoms with Crippen LogP contribution in [0, 0.1) is 0 Å². The van der Waals surface area contributed by atoms with E-state index in [-0.39, 0.29) is 16.7 Å². The molecule has 0 aliphatic carbocycles. The highest BCUT2D eigenvalue weighted by atomic mass is 32.2. The summed E-state index contributed by atoms with van der Waals surface area (Å²) in [5.74, 6) is -0.444. The normalized spacial score (nSPS) is 19.9. The van der Waals surface area contributed by atoms with E-state index in [0.29, 0.717) is 37.3 Å². The lowest BCUT2D eigenvalue weighted by Crippen LogP contribution is -2.50. The molecule has 3 rings (SSSR count). The number of amides is 2. The summed E-state index contributed by atoms with van der Waals surface area (Å²) in [6.45, 7) is 11.1. The van der Waals surface area contributed by atoms with Gasteiger partial charge < -0.3 is 10.2 Å². The number of hydrogen-bond donors (Lipinski definition) is 1. The van der Waals surface area contributed by atoms with Gasteiger partial charge in [-0.1, -0.05) is 13.8 Å². The first-order valence-electron chi connectivity index (χ1n) is 11.3. The van der Waals surface area contributed by atoms with Crippen LogP contribution in [0.15, 0.2) is 23.1 Å². The predicted molar refractivity (Wildman–Crippen MR) is 124 cm³/mol. The molecule has 1 aromatic carbocycles. The fourth-order valence-corrected chi connectivity index (χ4v) is 5.94. The smallest absolute Gasteiger partial charge is 0.243 e. The molecule has 0 spiro atoms. The minimum atomic E-state index is -3.61. The largest absolute Gasteiger partial charge is 0.353 e. The van der Waals surface area contributed by atoms with Gasteiger partial charge in [0.25, 0.3) is 0 Å². The summed E-state index contributed by atoms with van der Waals surface area (Å²) in [6, 6.07) is 4.11. The molecule has 1 aromatic rings. The SMILES string of the molecule is CCN(CC)S(=O)(=O)c1ccc2c(c1)C[C@@H](C(=O)NCCN1CCN(C)CC1)N2C(C)=O. The first-order chi connectivity index (χ1) is 15.2. The molecule has 2 amide bonds. The van der Waals surface area contributed by atoms with Crippen molar-refractivity contribution in [2.75, 3.05) is 64.3 Å². The fraction of sp³-hybridized carbons (Fsp3) is 0.636. The molecule has 0 radical (unpaired) electrons. The molecular formula is C22H35N5O4S. The third kappa shape index (κ3) is 5.14. The van der Waals surface area contributed by atoms with Gasteiger partial charge in [0.2, 0.25) is 21.8 Å². The van der Waals surface area contributed by atoms with Crippen molar-refractivity contribution < 1.29 is 18.0 Å². The van der Waals surface area contributed by atoms with Gasteiger partial charge in [0.1, 0.15) is 6.04 Å². The minimum absolute atomic E-state index is 0.194. The molecule has 0 aromatic heterocycles. The van der Waals surface area contributed by atoms with Gasteiger partial charge in [-0.05, 0) is 30.8 Å². The molecule has 1 atom stereocenters. The number of hydrogen-bond acceptors (Lipinski definition) is 6. The lowest BCUT2D eigenvalue weighted by molar-refractivity contribution is -0.125. The summed E-state index contributed by atoms with van der Waals surface area (Å²) in [4.78, 5) is 31.6. The van der Waals surface area contributed by atoms with Crippen LogP contribution in [0.1, 0.15) is 26.3 Å². The molecule has 2 aliphatic heterocycles. The molecule has 0 saturated carbocycles. The average Bonchev–Trinajstić information content (AvgIpc) is 3.15. The van der Waals surface area contributed by atoms with Crippen LogP contribution in [0.3, 0.4) is 0 Å². The van der Waals surface area contributed by atoms with E-state index in [4.69, 9.17) is 0 Å². The molecule has 32 heavy (non-hydrogen) atoms. The monoisotopic (exact) mass is 465 g/mol. The Morgan fingerprint density at radius 3 is 2.38 bits per heavy atom. The highest BCUT2D eigenvalue weighted by molar-refractivity contribution is 7.89. The van der Waals surface area contributed by atoms with Crippen molar-refractivity contribution in [1.29, 1.82) is 0 Å². The third-order valence-electron chi connectivity index (χ3n) is 6.34. The molecule has 0 unspecified atom stereocenters. The van der Waals surface area contributed by atoms with E-state index in [2.05, 4.69) is 22.2 Å². The number of rotatable bonds is 8. The van der Waals surface area contributed by atoms with Crippen molar-refractivity contribution in [1.82, 2.24) is 19.4 Å². The van der Waals surface area contributed by atoms with E-state index in [9.17, 15) is 18.0 Å². The summed E-state index contributed by atoms with van der Waals surface area (Å²) >= 11 is 0. The van der Waals surface area contributed by atoms with Gasteiger partial charge in [0, 0.05) is 71.4 Å². The number of nitrogens with zero attached hydrogens (tertiary/aromatic N) is 4. The van der Waals surface area contributed by atoms with Crippen molar-refractivity contribution in [2.45, 2.75) is 38.1 Å². The molecule has 1 fully saturated rings. The van der Waals surface area contributed by atoms with Crippen LogP contribution in [0.4, 0.5) is 5.69 Å². The lowest BCUT2D eigenvalue weighted by Gasteiger charge is -2.32. The average molecular weight is 466 g/mol. The summed E-state index contributed by atoms with van der Waals surface area (Å²) in [7, 11) is -1.51. The number of piperazine rings is 1. The molecule has 0 bridgehead atoms. The van der Waals surface area contributed by atoms with E-state index in [1.807, 2.05) is 0 Å². The molecule has 1 saturated heterocycles. The highest BCUT2D eigenvalue weighted by Gasteiger charge is 2.38. The summed E-state index contributed by atoms with van der Waals surface area (Å²) < 4.78 is 27.2. The topological polar surface area (TPSA) is 93.3 Å². The highest BCUT2D eigenvalue weighted by Crippen LogP contribution is 2.34. The predicted octanol–water partition coefficient (Wildman–Crippen LogP) is 0.358. The zero-order valence-corrected chi connectivity index (χ0v) is 20.3. The van der Waals surface area contributed by atoms with Gasteiger partial charge >= 0.3 is 0 Å². The van der Waals surface area contributed by atoms with Crippen LogP contribution in [0.5, 0.6) is 0 Å². The third-order valence-corrected chi connectivity index (χ3v) is 8.39. The van der Waals surface area contributed by atoms with Crippen LogP contribution in [0.25, 0.3) is 0 Å². The second kappa shape index (κ2) is 10.3. The van der Waals surface area contributed by atoms with Crippen molar-refractivity contribution in [3.8, 4) is 0 Å². The number of likely N-dealkylation sites (N-methyl/N-ethyl adjacent to an activating group) is 1. The van der Waals surface area contributed by atoms with Gasteiger partial charge in [-0.25, -0.2) is 8.42 Å². The van der Waals surface area contributed by atoms with Gasteiger partial charge in [-0.3, -0.25) is 19.4 Å². The Labute approximate surface area is 191 Å². The van der Waals surface area contributed by atoms with Crippen LogP contribution in [-0.2, 0) is 26.0 Å². The second-order valence-electron chi connectivity index (χ2n) is 8.42. The molecule has 2 heterocycles. The zero-order valence-electron chi connectivity index (χ0n) is 19.5. The Morgan fingerprint density at radius 2 is 1.78 bits per heavy atom. The Bertz CT molecular complexity index is 940. The second-order valence-corrected chi connectivity index (χ2v) is 10.4. The quantitative estimate of drug-likeness (QED) is 0.596. The first kappa shape index (κ1) is 24.6. The Morgan fingerprint density at radius 1 is 1.12 bits per heavy atom. The standard InChI is InChI=1S/C22H35N5O4S/c1-5-26(6-2)32(30,31)19-7-8-20-18(15-19)16-21(27(20)17(3)28)22(29)23-9-10-25-13-11-24(4)12-14-25/h7-8,15,21H,5-6,9-14,16H2,1-4H3,(H,23,29)/t21-/m0/s1. The minimum Gasteiger partial charge on any atom is -0.353 e. The molecule has 1 N–H and O–H groups in total. The van der Waals surface area contributed by atoms with Crippen LogP contribution in [0.2, 0.25) is 0 Å². The van der Waals surface area contributed by atoms with Crippen molar-refractivity contribution in [3.05, 3.63) is 23.8 Å². The number of fused-ring (bicyclic) bond motifs is 1. The zero-order chi connectivity index (χ0) is 23.5. The van der Waals surface area contributed by atoms with Crippen molar-refractivity contribution in [3.63, 3.8) is 0 Å². The number of sulfonamides is 1. The van der Waals surface area contributed by atoms with Crippen molar-refractivity contribution >= 4 is 27.5 Å². The van der Waals surface area contributed by atoms with E-state index >= 15 is 0 Å². The molecule has 10 heteroatoms. The summed E-state index contributed by atoms with van der Waals surface area (Å²) in [6.07, 6.45) is 0.302. The van der Waals surface area contributed by atoms with Crippen LogP contribution >= 0.6 is 0 Å².